The van der Waals surface area contributed by atoms with Crippen LogP contribution in [0.3, 0.4) is 0 Å². The Morgan fingerprint density at radius 2 is 1.63 bits per heavy atom. The van der Waals surface area contributed by atoms with Crippen molar-refractivity contribution in [3.8, 4) is 0 Å². The number of nitrogens with zero attached hydrogens (tertiary/aromatic N) is 1. The van der Waals surface area contributed by atoms with Crippen LogP contribution >= 0.6 is 11.6 Å². The molecule has 0 saturated heterocycles. The van der Waals surface area contributed by atoms with E-state index in [1.54, 1.807) is 11.8 Å². The molecule has 5 heteroatoms. The number of rotatable bonds is 8. The summed E-state index contributed by atoms with van der Waals surface area (Å²) in [6.07, 6.45) is 0.845. The number of amides is 2. The van der Waals surface area contributed by atoms with Crippen LogP contribution in [-0.4, -0.2) is 28.8 Å². The Kier molecular flexibility index (Phi) is 7.86. The summed E-state index contributed by atoms with van der Waals surface area (Å²) < 4.78 is 0. The molecule has 0 bridgehead atoms. The van der Waals surface area contributed by atoms with Crippen molar-refractivity contribution in [2.45, 2.75) is 52.2 Å². The van der Waals surface area contributed by atoms with Gasteiger partial charge in [-0.1, -0.05) is 60.1 Å². The molecule has 0 unspecified atom stereocenters. The van der Waals surface area contributed by atoms with Crippen LogP contribution in [0.2, 0.25) is 5.02 Å². The molecule has 0 saturated carbocycles. The van der Waals surface area contributed by atoms with Crippen LogP contribution in [0.4, 0.5) is 0 Å². The molecule has 0 aliphatic carbocycles. The number of benzene rings is 2. The molecule has 2 rings (SSSR count). The molecule has 0 spiro atoms. The van der Waals surface area contributed by atoms with Gasteiger partial charge in [0.1, 0.15) is 6.04 Å². The fourth-order valence-corrected chi connectivity index (χ4v) is 3.08. The van der Waals surface area contributed by atoms with Crippen LogP contribution in [0.25, 0.3) is 0 Å². The van der Waals surface area contributed by atoms with Gasteiger partial charge in [0.05, 0.1) is 0 Å². The summed E-state index contributed by atoms with van der Waals surface area (Å²) in [6.45, 7) is 5.99. The molecule has 0 aliphatic heterocycles. The second-order valence-electron chi connectivity index (χ2n) is 6.94. The first-order chi connectivity index (χ1) is 12.9. The molecule has 2 aromatic carbocycles. The maximum absolute atomic E-state index is 13.0. The Bertz CT molecular complexity index is 762. The maximum atomic E-state index is 13.0. The van der Waals surface area contributed by atoms with Crippen LogP contribution in [0.1, 0.15) is 38.3 Å². The second-order valence-corrected chi connectivity index (χ2v) is 7.35. The number of carbonyl (C=O) groups is 2. The largest absolute Gasteiger partial charge is 0.352 e. The fraction of sp³-hybridized carbons (Fsp3) is 0.364. The molecule has 1 atom stereocenters. The number of hydrogen-bond donors (Lipinski definition) is 1. The zero-order valence-corrected chi connectivity index (χ0v) is 16.9. The molecule has 0 fully saturated rings. The maximum Gasteiger partial charge on any atom is 0.242 e. The minimum absolute atomic E-state index is 0.0248. The minimum atomic E-state index is -0.550. The van der Waals surface area contributed by atoms with Gasteiger partial charge < -0.3 is 10.2 Å². The van der Waals surface area contributed by atoms with Crippen LogP contribution < -0.4 is 5.32 Å². The van der Waals surface area contributed by atoms with Crippen molar-refractivity contribution in [1.29, 1.82) is 0 Å². The van der Waals surface area contributed by atoms with Crippen LogP contribution in [-0.2, 0) is 22.6 Å². The second kappa shape index (κ2) is 10.1. The van der Waals surface area contributed by atoms with E-state index in [1.807, 2.05) is 68.4 Å². The van der Waals surface area contributed by atoms with Gasteiger partial charge in [0.2, 0.25) is 11.8 Å². The first-order valence-corrected chi connectivity index (χ1v) is 9.63. The lowest BCUT2D eigenvalue weighted by Gasteiger charge is -2.29. The van der Waals surface area contributed by atoms with E-state index in [0.29, 0.717) is 24.4 Å². The van der Waals surface area contributed by atoms with E-state index in [1.165, 1.54) is 0 Å². The highest BCUT2D eigenvalue weighted by Crippen LogP contribution is 2.18. The van der Waals surface area contributed by atoms with Gasteiger partial charge in [-0.05, 0) is 44.4 Å². The SMILES string of the molecule is CC(C)NC(=O)[C@H](C)N(Cc1ccccc1)C(=O)CCc1ccccc1Cl. The van der Waals surface area contributed by atoms with E-state index < -0.39 is 6.04 Å². The number of nitrogens with one attached hydrogen (secondary N) is 1. The molecule has 27 heavy (non-hydrogen) atoms. The number of halogens is 1. The molecule has 2 aromatic rings. The molecule has 0 heterocycles. The van der Waals surface area contributed by atoms with Gasteiger partial charge >= 0.3 is 0 Å². The summed E-state index contributed by atoms with van der Waals surface area (Å²) in [7, 11) is 0. The molecule has 0 aromatic heterocycles. The lowest BCUT2D eigenvalue weighted by molar-refractivity contribution is -0.140. The number of aryl methyl sites for hydroxylation is 1. The summed E-state index contributed by atoms with van der Waals surface area (Å²) >= 11 is 6.20. The Balaban J connectivity index is 2.13. The first-order valence-electron chi connectivity index (χ1n) is 9.25. The third-order valence-electron chi connectivity index (χ3n) is 4.36. The summed E-state index contributed by atoms with van der Waals surface area (Å²) in [6, 6.07) is 16.7. The van der Waals surface area contributed by atoms with Gasteiger partial charge in [0, 0.05) is 24.0 Å². The smallest absolute Gasteiger partial charge is 0.242 e. The van der Waals surface area contributed by atoms with E-state index in [9.17, 15) is 9.59 Å². The monoisotopic (exact) mass is 386 g/mol. The average Bonchev–Trinajstić information content (AvgIpc) is 2.65. The van der Waals surface area contributed by atoms with Gasteiger partial charge in [-0.2, -0.15) is 0 Å². The third kappa shape index (κ3) is 6.40. The Morgan fingerprint density at radius 3 is 2.26 bits per heavy atom. The van der Waals surface area contributed by atoms with Crippen molar-refractivity contribution in [3.05, 3.63) is 70.7 Å². The van der Waals surface area contributed by atoms with E-state index in [0.717, 1.165) is 11.1 Å². The van der Waals surface area contributed by atoms with E-state index in [2.05, 4.69) is 5.32 Å². The van der Waals surface area contributed by atoms with E-state index in [4.69, 9.17) is 11.6 Å². The van der Waals surface area contributed by atoms with E-state index in [-0.39, 0.29) is 17.9 Å². The third-order valence-corrected chi connectivity index (χ3v) is 4.73. The summed E-state index contributed by atoms with van der Waals surface area (Å²) in [5, 5.41) is 3.55. The standard InChI is InChI=1S/C22H27ClN2O2/c1-16(2)24-22(27)17(3)25(15-18-9-5-4-6-10-18)21(26)14-13-19-11-7-8-12-20(19)23/h4-12,16-17H,13-15H2,1-3H3,(H,24,27)/t17-/m0/s1. The number of carbonyl (C=O) groups excluding carboxylic acids is 2. The molecule has 144 valence electrons. The predicted octanol–water partition coefficient (Wildman–Crippen LogP) is 4.21. The minimum Gasteiger partial charge on any atom is -0.352 e. The van der Waals surface area contributed by atoms with Gasteiger partial charge in [0.15, 0.2) is 0 Å². The fourth-order valence-electron chi connectivity index (χ4n) is 2.85. The summed E-state index contributed by atoms with van der Waals surface area (Å²) in [5.74, 6) is -0.211. The van der Waals surface area contributed by atoms with Gasteiger partial charge in [-0.15, -0.1) is 0 Å². The molecular weight excluding hydrogens is 360 g/mol. The lowest BCUT2D eigenvalue weighted by Crippen LogP contribution is -2.49. The van der Waals surface area contributed by atoms with Crippen molar-refractivity contribution in [1.82, 2.24) is 10.2 Å². The van der Waals surface area contributed by atoms with Crippen molar-refractivity contribution < 1.29 is 9.59 Å². The van der Waals surface area contributed by atoms with E-state index >= 15 is 0 Å². The number of hydrogen-bond acceptors (Lipinski definition) is 2. The highest BCUT2D eigenvalue weighted by Gasteiger charge is 2.26. The van der Waals surface area contributed by atoms with Crippen LogP contribution in [0.5, 0.6) is 0 Å². The zero-order valence-electron chi connectivity index (χ0n) is 16.1. The molecular formula is C22H27ClN2O2. The Labute approximate surface area is 166 Å². The topological polar surface area (TPSA) is 49.4 Å². The average molecular weight is 387 g/mol. The molecule has 0 aliphatic rings. The van der Waals surface area contributed by atoms with Crippen LogP contribution in [0, 0.1) is 0 Å². The highest BCUT2D eigenvalue weighted by molar-refractivity contribution is 6.31. The highest BCUT2D eigenvalue weighted by atomic mass is 35.5. The van der Waals surface area contributed by atoms with Crippen LogP contribution in [0.15, 0.2) is 54.6 Å². The summed E-state index contributed by atoms with van der Waals surface area (Å²) in [4.78, 5) is 27.1. The van der Waals surface area contributed by atoms with Crippen molar-refractivity contribution in [2.75, 3.05) is 0 Å². The van der Waals surface area contributed by atoms with Gasteiger partial charge in [-0.3, -0.25) is 9.59 Å². The molecule has 0 radical (unpaired) electrons. The Hall–Kier alpha value is -2.33. The molecule has 2 amide bonds. The summed E-state index contributed by atoms with van der Waals surface area (Å²) in [5.41, 5.74) is 1.93. The molecule has 4 nitrogen and oxygen atoms in total. The first kappa shape index (κ1) is 21.0. The van der Waals surface area contributed by atoms with Gasteiger partial charge in [0.25, 0.3) is 0 Å². The lowest BCUT2D eigenvalue weighted by atomic mass is 10.1. The quantitative estimate of drug-likeness (QED) is 0.738. The van der Waals surface area contributed by atoms with Crippen molar-refractivity contribution >= 4 is 23.4 Å². The Morgan fingerprint density at radius 1 is 1.00 bits per heavy atom. The van der Waals surface area contributed by atoms with Gasteiger partial charge in [-0.25, -0.2) is 0 Å². The molecule has 1 N–H and O–H groups in total. The predicted molar refractivity (Wildman–Crippen MR) is 110 cm³/mol. The zero-order chi connectivity index (χ0) is 19.8. The normalized spacial score (nSPS) is 11.9. The van der Waals surface area contributed by atoms with Crippen molar-refractivity contribution in [2.24, 2.45) is 0 Å². The van der Waals surface area contributed by atoms with Crippen molar-refractivity contribution in [3.63, 3.8) is 0 Å².